The van der Waals surface area contributed by atoms with Crippen LogP contribution in [0.1, 0.15) is 23.5 Å². The topological polar surface area (TPSA) is 54.5 Å². The van der Waals surface area contributed by atoms with Gasteiger partial charge in [0.1, 0.15) is 5.82 Å². The summed E-state index contributed by atoms with van der Waals surface area (Å²) in [6.45, 7) is 3.13. The second-order valence-corrected chi connectivity index (χ2v) is 7.13. The zero-order valence-electron chi connectivity index (χ0n) is 16.3. The lowest BCUT2D eigenvalue weighted by atomic mass is 9.88. The molecule has 1 fully saturated rings. The molecule has 0 aliphatic carbocycles. The number of hydrogen-bond acceptors (Lipinski definition) is 4. The molecule has 4 rings (SSSR count). The van der Waals surface area contributed by atoms with E-state index >= 15 is 0 Å². The first-order chi connectivity index (χ1) is 14.3. The van der Waals surface area contributed by atoms with Gasteiger partial charge in [0.15, 0.2) is 0 Å². The minimum atomic E-state index is -0.0244. The first-order valence-corrected chi connectivity index (χ1v) is 9.98. The van der Waals surface area contributed by atoms with E-state index in [4.69, 9.17) is 4.74 Å². The number of nitrogens with one attached hydrogen (secondary N) is 1. The Balaban J connectivity index is 1.44. The Morgan fingerprint density at radius 3 is 2.10 bits per heavy atom. The minimum Gasteiger partial charge on any atom is -0.378 e. The standard InChI is InChI=1S/C24H25N3O2/c28-24(26-21-11-12-23(25-18-21)27-13-15-29-16-14-27)17-22(19-7-3-1-4-8-19)20-9-5-2-6-10-20/h1-12,18,22H,13-17H2,(H,26,28). The van der Waals surface area contributed by atoms with Gasteiger partial charge in [0.25, 0.3) is 0 Å². The molecule has 0 spiro atoms. The van der Waals surface area contributed by atoms with Gasteiger partial charge in [-0.05, 0) is 23.3 Å². The molecule has 5 heteroatoms. The summed E-state index contributed by atoms with van der Waals surface area (Å²) >= 11 is 0. The van der Waals surface area contributed by atoms with Crippen LogP contribution in [0.3, 0.4) is 0 Å². The number of hydrogen-bond donors (Lipinski definition) is 1. The lowest BCUT2D eigenvalue weighted by molar-refractivity contribution is -0.116. The molecule has 1 amide bonds. The van der Waals surface area contributed by atoms with E-state index in [1.54, 1.807) is 6.20 Å². The molecule has 0 saturated carbocycles. The van der Waals surface area contributed by atoms with Crippen molar-refractivity contribution in [2.45, 2.75) is 12.3 Å². The molecule has 0 radical (unpaired) electrons. The van der Waals surface area contributed by atoms with E-state index in [1.165, 1.54) is 0 Å². The first-order valence-electron chi connectivity index (χ1n) is 9.98. The van der Waals surface area contributed by atoms with Crippen LogP contribution in [0.4, 0.5) is 11.5 Å². The van der Waals surface area contributed by atoms with E-state index < -0.39 is 0 Å². The van der Waals surface area contributed by atoms with Crippen LogP contribution in [-0.4, -0.2) is 37.2 Å². The highest BCUT2D eigenvalue weighted by Gasteiger charge is 2.18. The molecule has 0 unspecified atom stereocenters. The van der Waals surface area contributed by atoms with Gasteiger partial charge in [-0.1, -0.05) is 60.7 Å². The van der Waals surface area contributed by atoms with Crippen molar-refractivity contribution in [2.24, 2.45) is 0 Å². The summed E-state index contributed by atoms with van der Waals surface area (Å²) in [5.74, 6) is 0.902. The second kappa shape index (κ2) is 9.34. The van der Waals surface area contributed by atoms with Crippen molar-refractivity contribution in [2.75, 3.05) is 36.5 Å². The lowest BCUT2D eigenvalue weighted by Crippen LogP contribution is -2.36. The third kappa shape index (κ3) is 5.00. The van der Waals surface area contributed by atoms with Gasteiger partial charge in [-0.25, -0.2) is 4.98 Å². The van der Waals surface area contributed by atoms with E-state index in [2.05, 4.69) is 39.5 Å². The third-order valence-electron chi connectivity index (χ3n) is 5.16. The molecule has 2 heterocycles. The van der Waals surface area contributed by atoms with Gasteiger partial charge in [-0.15, -0.1) is 0 Å². The molecule has 0 atom stereocenters. The predicted molar refractivity (Wildman–Crippen MR) is 115 cm³/mol. The number of pyridine rings is 1. The minimum absolute atomic E-state index is 0.0120. The van der Waals surface area contributed by atoms with E-state index in [9.17, 15) is 4.79 Å². The average Bonchev–Trinajstić information content (AvgIpc) is 2.80. The maximum absolute atomic E-state index is 12.8. The van der Waals surface area contributed by atoms with Crippen LogP contribution in [0, 0.1) is 0 Å². The molecule has 148 valence electrons. The summed E-state index contributed by atoms with van der Waals surface area (Å²) < 4.78 is 5.38. The number of morpholine rings is 1. The number of aromatic nitrogens is 1. The van der Waals surface area contributed by atoms with E-state index in [0.29, 0.717) is 12.1 Å². The molecule has 1 saturated heterocycles. The molecule has 2 aromatic carbocycles. The summed E-state index contributed by atoms with van der Waals surface area (Å²) in [7, 11) is 0. The number of carbonyl (C=O) groups excluding carboxylic acids is 1. The Labute approximate surface area is 171 Å². The van der Waals surface area contributed by atoms with Gasteiger partial charge in [-0.3, -0.25) is 4.79 Å². The molecule has 0 bridgehead atoms. The highest BCUT2D eigenvalue weighted by atomic mass is 16.5. The zero-order valence-corrected chi connectivity index (χ0v) is 16.3. The third-order valence-corrected chi connectivity index (χ3v) is 5.16. The molecule has 3 aromatic rings. The average molecular weight is 387 g/mol. The predicted octanol–water partition coefficient (Wildman–Crippen LogP) is 4.08. The van der Waals surface area contributed by atoms with E-state index in [0.717, 1.165) is 43.2 Å². The fourth-order valence-corrected chi connectivity index (χ4v) is 3.64. The maximum atomic E-state index is 12.8. The summed E-state index contributed by atoms with van der Waals surface area (Å²) in [6, 6.07) is 24.2. The highest BCUT2D eigenvalue weighted by Crippen LogP contribution is 2.28. The quantitative estimate of drug-likeness (QED) is 0.692. The van der Waals surface area contributed by atoms with Gasteiger partial charge in [-0.2, -0.15) is 0 Å². The van der Waals surface area contributed by atoms with Crippen LogP contribution < -0.4 is 10.2 Å². The van der Waals surface area contributed by atoms with Crippen molar-refractivity contribution in [1.82, 2.24) is 4.98 Å². The second-order valence-electron chi connectivity index (χ2n) is 7.13. The fourth-order valence-electron chi connectivity index (χ4n) is 3.64. The number of nitrogens with zero attached hydrogens (tertiary/aromatic N) is 2. The van der Waals surface area contributed by atoms with Crippen LogP contribution in [0.15, 0.2) is 79.0 Å². The van der Waals surface area contributed by atoms with Crippen molar-refractivity contribution < 1.29 is 9.53 Å². The van der Waals surface area contributed by atoms with Crippen LogP contribution in [0.5, 0.6) is 0 Å². The van der Waals surface area contributed by atoms with Gasteiger partial charge in [0.05, 0.1) is 25.1 Å². The summed E-state index contributed by atoms with van der Waals surface area (Å²) in [6.07, 6.45) is 2.10. The normalized spacial score (nSPS) is 14.0. The Morgan fingerprint density at radius 2 is 1.55 bits per heavy atom. The molecule has 1 aromatic heterocycles. The summed E-state index contributed by atoms with van der Waals surface area (Å²) in [5.41, 5.74) is 2.98. The molecule has 5 nitrogen and oxygen atoms in total. The Bertz CT molecular complexity index is 868. The van der Waals surface area contributed by atoms with Crippen molar-refractivity contribution >= 4 is 17.4 Å². The molecular formula is C24H25N3O2. The van der Waals surface area contributed by atoms with Crippen molar-refractivity contribution in [3.63, 3.8) is 0 Å². The summed E-state index contributed by atoms with van der Waals surface area (Å²) in [4.78, 5) is 19.5. The first kappa shape index (κ1) is 19.2. The SMILES string of the molecule is O=C(CC(c1ccccc1)c1ccccc1)Nc1ccc(N2CCOCC2)nc1. The number of benzene rings is 2. The van der Waals surface area contributed by atoms with Crippen LogP contribution >= 0.6 is 0 Å². The highest BCUT2D eigenvalue weighted by molar-refractivity contribution is 5.91. The number of carbonyl (C=O) groups is 1. The van der Waals surface area contributed by atoms with Crippen molar-refractivity contribution in [1.29, 1.82) is 0 Å². The lowest BCUT2D eigenvalue weighted by Gasteiger charge is -2.27. The Kier molecular flexibility index (Phi) is 6.17. The van der Waals surface area contributed by atoms with Gasteiger partial charge in [0, 0.05) is 25.4 Å². The largest absolute Gasteiger partial charge is 0.378 e. The Morgan fingerprint density at radius 1 is 0.931 bits per heavy atom. The van der Waals surface area contributed by atoms with Gasteiger partial charge in [0.2, 0.25) is 5.91 Å². The van der Waals surface area contributed by atoms with Crippen LogP contribution in [0.25, 0.3) is 0 Å². The van der Waals surface area contributed by atoms with Crippen molar-refractivity contribution in [3.8, 4) is 0 Å². The van der Waals surface area contributed by atoms with E-state index in [1.807, 2.05) is 48.5 Å². The van der Waals surface area contributed by atoms with Crippen molar-refractivity contribution in [3.05, 3.63) is 90.1 Å². The number of ether oxygens (including phenoxy) is 1. The smallest absolute Gasteiger partial charge is 0.225 e. The van der Waals surface area contributed by atoms with E-state index in [-0.39, 0.29) is 11.8 Å². The monoisotopic (exact) mass is 387 g/mol. The number of anilines is 2. The number of rotatable bonds is 6. The van der Waals surface area contributed by atoms with Crippen LogP contribution in [-0.2, 0) is 9.53 Å². The number of amides is 1. The molecule has 29 heavy (non-hydrogen) atoms. The summed E-state index contributed by atoms with van der Waals surface area (Å²) in [5, 5.41) is 3.00. The molecular weight excluding hydrogens is 362 g/mol. The fraction of sp³-hybridized carbons (Fsp3) is 0.250. The Hall–Kier alpha value is -3.18. The molecule has 1 aliphatic rings. The van der Waals surface area contributed by atoms with Crippen LogP contribution in [0.2, 0.25) is 0 Å². The van der Waals surface area contributed by atoms with Gasteiger partial charge < -0.3 is 15.0 Å². The molecule has 1 aliphatic heterocycles. The maximum Gasteiger partial charge on any atom is 0.225 e. The van der Waals surface area contributed by atoms with Gasteiger partial charge >= 0.3 is 0 Å². The zero-order chi connectivity index (χ0) is 19.9. The molecule has 1 N–H and O–H groups in total.